The van der Waals surface area contributed by atoms with Crippen molar-refractivity contribution in [1.29, 1.82) is 0 Å². The fourth-order valence-corrected chi connectivity index (χ4v) is 1.31. The molecule has 3 heteroatoms. The Balaban J connectivity index is 2.67. The molecule has 0 fully saturated rings. The molecule has 14 heavy (non-hydrogen) atoms. The van der Waals surface area contributed by atoms with E-state index in [0.29, 0.717) is 18.7 Å². The molecule has 1 aromatic rings. The van der Waals surface area contributed by atoms with Crippen LogP contribution in [0.5, 0.6) is 0 Å². The molecule has 0 aromatic heterocycles. The first kappa shape index (κ1) is 10.9. The van der Waals surface area contributed by atoms with Crippen molar-refractivity contribution in [2.24, 2.45) is 0 Å². The molecule has 0 aliphatic rings. The summed E-state index contributed by atoms with van der Waals surface area (Å²) in [4.78, 5) is 12.1. The molecule has 1 rings (SSSR count). The number of likely N-dealkylation sites (N-methyl/N-ethyl adjacent to an activating group) is 1. The minimum Gasteiger partial charge on any atom is -0.302 e. The molecule has 0 spiro atoms. The molecule has 76 valence electrons. The number of halogens is 1. The SMILES string of the molecule is Cc1cc(CN(C)CC=O)ccc1F. The molecular formula is C11H14FNO. The summed E-state index contributed by atoms with van der Waals surface area (Å²) in [5, 5.41) is 0. The van der Waals surface area contributed by atoms with Crippen molar-refractivity contribution in [3.63, 3.8) is 0 Å². The predicted octanol–water partition coefficient (Wildman–Crippen LogP) is 1.76. The van der Waals surface area contributed by atoms with Gasteiger partial charge >= 0.3 is 0 Å². The van der Waals surface area contributed by atoms with E-state index in [2.05, 4.69) is 0 Å². The van der Waals surface area contributed by atoms with Crippen LogP contribution < -0.4 is 0 Å². The van der Waals surface area contributed by atoms with Crippen LogP contribution in [0.2, 0.25) is 0 Å². The Bertz CT molecular complexity index is 325. The normalized spacial score (nSPS) is 10.6. The lowest BCUT2D eigenvalue weighted by molar-refractivity contribution is -0.108. The quantitative estimate of drug-likeness (QED) is 0.682. The maximum Gasteiger partial charge on any atom is 0.133 e. The number of carbonyl (C=O) groups is 1. The van der Waals surface area contributed by atoms with Crippen molar-refractivity contribution in [3.05, 3.63) is 35.1 Å². The van der Waals surface area contributed by atoms with Crippen LogP contribution in [0.1, 0.15) is 11.1 Å². The Morgan fingerprint density at radius 2 is 2.21 bits per heavy atom. The van der Waals surface area contributed by atoms with Gasteiger partial charge in [-0.15, -0.1) is 0 Å². The van der Waals surface area contributed by atoms with Gasteiger partial charge in [-0.05, 0) is 31.2 Å². The van der Waals surface area contributed by atoms with Gasteiger partial charge in [0.2, 0.25) is 0 Å². The summed E-state index contributed by atoms with van der Waals surface area (Å²) in [7, 11) is 1.85. The van der Waals surface area contributed by atoms with E-state index in [0.717, 1.165) is 11.8 Å². The lowest BCUT2D eigenvalue weighted by Gasteiger charge is -2.13. The number of aldehydes is 1. The summed E-state index contributed by atoms with van der Waals surface area (Å²) in [6, 6.07) is 5.00. The highest BCUT2D eigenvalue weighted by Crippen LogP contribution is 2.10. The first-order valence-electron chi connectivity index (χ1n) is 4.50. The Labute approximate surface area is 83.3 Å². The van der Waals surface area contributed by atoms with E-state index in [4.69, 9.17) is 0 Å². The summed E-state index contributed by atoms with van der Waals surface area (Å²) < 4.78 is 12.9. The topological polar surface area (TPSA) is 20.3 Å². The number of benzene rings is 1. The number of aryl methyl sites for hydroxylation is 1. The lowest BCUT2D eigenvalue weighted by Crippen LogP contribution is -2.19. The van der Waals surface area contributed by atoms with Crippen molar-refractivity contribution in [1.82, 2.24) is 4.90 Å². The number of rotatable bonds is 4. The summed E-state index contributed by atoms with van der Waals surface area (Å²) in [6.45, 7) is 2.80. The van der Waals surface area contributed by atoms with Gasteiger partial charge in [0, 0.05) is 6.54 Å². The van der Waals surface area contributed by atoms with Gasteiger partial charge in [-0.25, -0.2) is 4.39 Å². The average Bonchev–Trinajstić information content (AvgIpc) is 2.12. The molecule has 0 amide bonds. The first-order chi connectivity index (χ1) is 6.63. The Morgan fingerprint density at radius 3 is 2.79 bits per heavy atom. The molecule has 0 radical (unpaired) electrons. The van der Waals surface area contributed by atoms with Gasteiger partial charge in [-0.1, -0.05) is 12.1 Å². The lowest BCUT2D eigenvalue weighted by atomic mass is 10.1. The van der Waals surface area contributed by atoms with Crippen LogP contribution in [0.4, 0.5) is 4.39 Å². The molecule has 0 saturated heterocycles. The zero-order valence-electron chi connectivity index (χ0n) is 8.46. The molecule has 2 nitrogen and oxygen atoms in total. The third-order valence-corrected chi connectivity index (χ3v) is 2.06. The highest BCUT2D eigenvalue weighted by Gasteiger charge is 2.02. The predicted molar refractivity (Wildman–Crippen MR) is 53.5 cm³/mol. The van der Waals surface area contributed by atoms with Crippen molar-refractivity contribution in [3.8, 4) is 0 Å². The second-order valence-electron chi connectivity index (χ2n) is 3.45. The summed E-state index contributed by atoms with van der Waals surface area (Å²) in [5.41, 5.74) is 1.66. The molecule has 0 heterocycles. The van der Waals surface area contributed by atoms with E-state index < -0.39 is 0 Å². The number of carbonyl (C=O) groups excluding carboxylic acids is 1. The minimum absolute atomic E-state index is 0.188. The second kappa shape index (κ2) is 4.86. The summed E-state index contributed by atoms with van der Waals surface area (Å²) in [6.07, 6.45) is 0.858. The summed E-state index contributed by atoms with van der Waals surface area (Å²) in [5.74, 6) is -0.188. The molecule has 0 aliphatic heterocycles. The van der Waals surface area contributed by atoms with Crippen LogP contribution in [-0.2, 0) is 11.3 Å². The van der Waals surface area contributed by atoms with Crippen LogP contribution in [0.25, 0.3) is 0 Å². The van der Waals surface area contributed by atoms with Gasteiger partial charge in [0.05, 0.1) is 6.54 Å². The molecule has 0 unspecified atom stereocenters. The van der Waals surface area contributed by atoms with Gasteiger partial charge in [0.15, 0.2) is 0 Å². The largest absolute Gasteiger partial charge is 0.302 e. The summed E-state index contributed by atoms with van der Waals surface area (Å²) >= 11 is 0. The molecule has 0 bridgehead atoms. The van der Waals surface area contributed by atoms with Crippen molar-refractivity contribution in [2.75, 3.05) is 13.6 Å². The van der Waals surface area contributed by atoms with Gasteiger partial charge in [0.1, 0.15) is 12.1 Å². The van der Waals surface area contributed by atoms with E-state index in [1.807, 2.05) is 11.9 Å². The Kier molecular flexibility index (Phi) is 3.77. The van der Waals surface area contributed by atoms with Crippen LogP contribution in [0.15, 0.2) is 18.2 Å². The number of hydrogen-bond donors (Lipinski definition) is 0. The monoisotopic (exact) mass is 195 g/mol. The van der Waals surface area contributed by atoms with Crippen molar-refractivity contribution >= 4 is 6.29 Å². The second-order valence-corrected chi connectivity index (χ2v) is 3.45. The smallest absolute Gasteiger partial charge is 0.133 e. The Hall–Kier alpha value is -1.22. The first-order valence-corrected chi connectivity index (χ1v) is 4.50. The van der Waals surface area contributed by atoms with Crippen molar-refractivity contribution in [2.45, 2.75) is 13.5 Å². The zero-order valence-corrected chi connectivity index (χ0v) is 8.46. The van der Waals surface area contributed by atoms with Gasteiger partial charge in [0.25, 0.3) is 0 Å². The zero-order chi connectivity index (χ0) is 10.6. The third kappa shape index (κ3) is 2.92. The van der Waals surface area contributed by atoms with Crippen molar-refractivity contribution < 1.29 is 9.18 Å². The van der Waals surface area contributed by atoms with Crippen LogP contribution in [0.3, 0.4) is 0 Å². The number of nitrogens with zero attached hydrogens (tertiary/aromatic N) is 1. The maximum absolute atomic E-state index is 12.9. The van der Waals surface area contributed by atoms with E-state index in [9.17, 15) is 9.18 Å². The molecule has 0 N–H and O–H groups in total. The van der Waals surface area contributed by atoms with E-state index in [1.54, 1.807) is 19.1 Å². The van der Waals surface area contributed by atoms with Gasteiger partial charge < -0.3 is 4.79 Å². The highest BCUT2D eigenvalue weighted by molar-refractivity contribution is 5.51. The molecule has 0 atom stereocenters. The highest BCUT2D eigenvalue weighted by atomic mass is 19.1. The average molecular weight is 195 g/mol. The number of hydrogen-bond acceptors (Lipinski definition) is 2. The van der Waals surface area contributed by atoms with Crippen LogP contribution in [0, 0.1) is 12.7 Å². The fourth-order valence-electron chi connectivity index (χ4n) is 1.31. The fraction of sp³-hybridized carbons (Fsp3) is 0.364. The Morgan fingerprint density at radius 1 is 1.50 bits per heavy atom. The van der Waals surface area contributed by atoms with Crippen LogP contribution >= 0.6 is 0 Å². The van der Waals surface area contributed by atoms with Gasteiger partial charge in [-0.3, -0.25) is 4.90 Å². The molecule has 0 saturated carbocycles. The van der Waals surface area contributed by atoms with E-state index >= 15 is 0 Å². The van der Waals surface area contributed by atoms with E-state index in [1.165, 1.54) is 6.07 Å². The molecule has 1 aromatic carbocycles. The third-order valence-electron chi connectivity index (χ3n) is 2.06. The molecular weight excluding hydrogens is 181 g/mol. The standard InChI is InChI=1S/C11H14FNO/c1-9-7-10(3-4-11(9)12)8-13(2)5-6-14/h3-4,6-7H,5,8H2,1-2H3. The minimum atomic E-state index is -0.188. The van der Waals surface area contributed by atoms with Gasteiger partial charge in [-0.2, -0.15) is 0 Å². The molecule has 0 aliphatic carbocycles. The van der Waals surface area contributed by atoms with E-state index in [-0.39, 0.29) is 5.82 Å². The maximum atomic E-state index is 12.9. The van der Waals surface area contributed by atoms with Crippen LogP contribution in [-0.4, -0.2) is 24.8 Å².